The van der Waals surface area contributed by atoms with Gasteiger partial charge >= 0.3 is 0 Å². The average Bonchev–Trinajstić information content (AvgIpc) is 2.94. The van der Waals surface area contributed by atoms with Gasteiger partial charge in [0.2, 0.25) is 5.91 Å². The molecule has 0 bridgehead atoms. The summed E-state index contributed by atoms with van der Waals surface area (Å²) in [5, 5.41) is 0. The van der Waals surface area contributed by atoms with E-state index in [1.807, 2.05) is 7.05 Å². The van der Waals surface area contributed by atoms with E-state index in [4.69, 9.17) is 0 Å². The van der Waals surface area contributed by atoms with Crippen LogP contribution in [0.25, 0.3) is 0 Å². The molecule has 2 aliphatic heterocycles. The van der Waals surface area contributed by atoms with Crippen LogP contribution in [0, 0.1) is 5.82 Å². The molecule has 2 aliphatic rings. The largest absolute Gasteiger partial charge is 0.338 e. The summed E-state index contributed by atoms with van der Waals surface area (Å²) in [7, 11) is 1.96. The molecule has 0 saturated carbocycles. The predicted molar refractivity (Wildman–Crippen MR) is 100 cm³/mol. The quantitative estimate of drug-likeness (QED) is 0.763. The molecule has 2 aromatic carbocycles. The molecule has 7 heteroatoms. The van der Waals surface area contributed by atoms with Crippen LogP contribution in [-0.4, -0.2) is 65.6 Å². The zero-order valence-electron chi connectivity index (χ0n) is 15.5. The van der Waals surface area contributed by atoms with Crippen molar-refractivity contribution in [2.45, 2.75) is 6.04 Å². The fourth-order valence-electron chi connectivity index (χ4n) is 3.76. The molecule has 1 atom stereocenters. The van der Waals surface area contributed by atoms with E-state index in [-0.39, 0.29) is 24.3 Å². The molecule has 0 spiro atoms. The lowest BCUT2D eigenvalue weighted by Gasteiger charge is -2.40. The van der Waals surface area contributed by atoms with Crippen molar-refractivity contribution in [3.63, 3.8) is 0 Å². The second kappa shape index (κ2) is 7.16. The molecule has 2 heterocycles. The molecule has 2 aromatic rings. The van der Waals surface area contributed by atoms with Crippen LogP contribution in [0.5, 0.6) is 0 Å². The van der Waals surface area contributed by atoms with Crippen LogP contribution in [0.3, 0.4) is 0 Å². The van der Waals surface area contributed by atoms with E-state index in [9.17, 15) is 18.8 Å². The SMILES string of the molecule is CN1CCN(C(=O)CN2C(=O)c3ccccc3C2=O)CC1c1ccc(F)cc1. The van der Waals surface area contributed by atoms with E-state index in [0.717, 1.165) is 10.5 Å². The van der Waals surface area contributed by atoms with Gasteiger partial charge in [-0.3, -0.25) is 24.2 Å². The Bertz CT molecular complexity index is 909. The Kier molecular flexibility index (Phi) is 4.68. The van der Waals surface area contributed by atoms with Gasteiger partial charge in [-0.2, -0.15) is 0 Å². The molecule has 1 saturated heterocycles. The monoisotopic (exact) mass is 381 g/mol. The van der Waals surface area contributed by atoms with E-state index in [2.05, 4.69) is 4.90 Å². The maximum Gasteiger partial charge on any atom is 0.262 e. The molecular weight excluding hydrogens is 361 g/mol. The van der Waals surface area contributed by atoms with Crippen molar-refractivity contribution in [2.75, 3.05) is 33.2 Å². The Morgan fingerprint density at radius 2 is 1.61 bits per heavy atom. The molecule has 28 heavy (non-hydrogen) atoms. The van der Waals surface area contributed by atoms with Crippen LogP contribution in [-0.2, 0) is 4.79 Å². The molecular formula is C21H20FN3O3. The molecule has 0 N–H and O–H groups in total. The van der Waals surface area contributed by atoms with Gasteiger partial charge in [0, 0.05) is 19.6 Å². The topological polar surface area (TPSA) is 60.9 Å². The highest BCUT2D eigenvalue weighted by molar-refractivity contribution is 6.22. The van der Waals surface area contributed by atoms with Gasteiger partial charge in [0.25, 0.3) is 11.8 Å². The van der Waals surface area contributed by atoms with Crippen molar-refractivity contribution < 1.29 is 18.8 Å². The minimum absolute atomic E-state index is 0.0690. The highest BCUT2D eigenvalue weighted by Crippen LogP contribution is 2.26. The van der Waals surface area contributed by atoms with Gasteiger partial charge in [0.1, 0.15) is 12.4 Å². The lowest BCUT2D eigenvalue weighted by Crippen LogP contribution is -2.52. The Hall–Kier alpha value is -3.06. The Balaban J connectivity index is 1.47. The number of likely N-dealkylation sites (N-methyl/N-ethyl adjacent to an activating group) is 1. The third-order valence-electron chi connectivity index (χ3n) is 5.43. The Labute approximate surface area is 162 Å². The van der Waals surface area contributed by atoms with Crippen LogP contribution >= 0.6 is 0 Å². The molecule has 144 valence electrons. The van der Waals surface area contributed by atoms with Crippen molar-refractivity contribution >= 4 is 17.7 Å². The Morgan fingerprint density at radius 3 is 2.21 bits per heavy atom. The molecule has 0 radical (unpaired) electrons. The maximum atomic E-state index is 13.2. The van der Waals surface area contributed by atoms with Crippen LogP contribution in [0.2, 0.25) is 0 Å². The number of amides is 3. The zero-order chi connectivity index (χ0) is 19.8. The number of halogens is 1. The van der Waals surface area contributed by atoms with Crippen molar-refractivity contribution in [3.05, 3.63) is 71.0 Å². The molecule has 4 rings (SSSR count). The van der Waals surface area contributed by atoms with Gasteiger partial charge in [-0.05, 0) is 36.9 Å². The highest BCUT2D eigenvalue weighted by Gasteiger charge is 2.38. The highest BCUT2D eigenvalue weighted by atomic mass is 19.1. The number of piperazine rings is 1. The number of fused-ring (bicyclic) bond motifs is 1. The summed E-state index contributed by atoms with van der Waals surface area (Å²) >= 11 is 0. The first-order chi connectivity index (χ1) is 13.5. The van der Waals surface area contributed by atoms with Gasteiger partial charge in [-0.25, -0.2) is 4.39 Å². The summed E-state index contributed by atoms with van der Waals surface area (Å²) in [5.74, 6) is -1.44. The summed E-state index contributed by atoms with van der Waals surface area (Å²) in [4.78, 5) is 42.6. The summed E-state index contributed by atoms with van der Waals surface area (Å²) < 4.78 is 13.2. The predicted octanol–water partition coefficient (Wildman–Crippen LogP) is 1.94. The fourth-order valence-corrected chi connectivity index (χ4v) is 3.76. The van der Waals surface area contributed by atoms with E-state index < -0.39 is 11.8 Å². The molecule has 1 unspecified atom stereocenters. The normalized spacial score (nSPS) is 19.9. The number of benzene rings is 2. The number of nitrogens with zero attached hydrogens (tertiary/aromatic N) is 3. The number of hydrogen-bond donors (Lipinski definition) is 0. The Morgan fingerprint density at radius 1 is 1.00 bits per heavy atom. The van der Waals surface area contributed by atoms with E-state index >= 15 is 0 Å². The van der Waals surface area contributed by atoms with Crippen LogP contribution in [0.1, 0.15) is 32.3 Å². The number of carbonyl (C=O) groups excluding carboxylic acids is 3. The maximum absolute atomic E-state index is 13.2. The summed E-state index contributed by atoms with van der Waals surface area (Å²) in [6, 6.07) is 12.8. The third-order valence-corrected chi connectivity index (χ3v) is 5.43. The molecule has 0 aromatic heterocycles. The number of rotatable bonds is 3. The molecule has 3 amide bonds. The van der Waals surface area contributed by atoms with E-state index in [1.165, 1.54) is 12.1 Å². The van der Waals surface area contributed by atoms with Crippen molar-refractivity contribution in [1.29, 1.82) is 0 Å². The summed E-state index contributed by atoms with van der Waals surface area (Å²) in [6.45, 7) is 1.31. The lowest BCUT2D eigenvalue weighted by atomic mass is 10.0. The molecule has 6 nitrogen and oxygen atoms in total. The first kappa shape index (κ1) is 18.3. The first-order valence-electron chi connectivity index (χ1n) is 9.14. The lowest BCUT2D eigenvalue weighted by molar-refractivity contribution is -0.134. The van der Waals surface area contributed by atoms with Gasteiger partial charge in [-0.15, -0.1) is 0 Å². The van der Waals surface area contributed by atoms with Gasteiger partial charge in [0.15, 0.2) is 0 Å². The number of carbonyl (C=O) groups is 3. The van der Waals surface area contributed by atoms with Crippen LogP contribution in [0.4, 0.5) is 4.39 Å². The minimum Gasteiger partial charge on any atom is -0.338 e. The van der Waals surface area contributed by atoms with Crippen molar-refractivity contribution in [1.82, 2.24) is 14.7 Å². The zero-order valence-corrected chi connectivity index (χ0v) is 15.5. The number of hydrogen-bond acceptors (Lipinski definition) is 4. The molecule has 1 fully saturated rings. The minimum atomic E-state index is -0.432. The standard InChI is InChI=1S/C21H20FN3O3/c1-23-10-11-24(12-18(23)14-6-8-15(22)9-7-14)19(26)13-25-20(27)16-4-2-3-5-17(16)21(25)28/h2-9,18H,10-13H2,1H3. The van der Waals surface area contributed by atoms with Crippen molar-refractivity contribution in [3.8, 4) is 0 Å². The van der Waals surface area contributed by atoms with Crippen molar-refractivity contribution in [2.24, 2.45) is 0 Å². The van der Waals surface area contributed by atoms with Gasteiger partial charge in [-0.1, -0.05) is 24.3 Å². The molecule has 0 aliphatic carbocycles. The van der Waals surface area contributed by atoms with E-state index in [1.54, 1.807) is 41.3 Å². The first-order valence-corrected chi connectivity index (χ1v) is 9.14. The smallest absolute Gasteiger partial charge is 0.262 e. The second-order valence-electron chi connectivity index (χ2n) is 7.13. The van der Waals surface area contributed by atoms with Crippen LogP contribution in [0.15, 0.2) is 48.5 Å². The average molecular weight is 381 g/mol. The van der Waals surface area contributed by atoms with Gasteiger partial charge in [0.05, 0.1) is 17.2 Å². The van der Waals surface area contributed by atoms with Crippen LogP contribution < -0.4 is 0 Å². The third kappa shape index (κ3) is 3.18. The van der Waals surface area contributed by atoms with Gasteiger partial charge < -0.3 is 4.90 Å². The fraction of sp³-hybridized carbons (Fsp3) is 0.286. The summed E-state index contributed by atoms with van der Waals surface area (Å²) in [5.41, 5.74) is 1.59. The second-order valence-corrected chi connectivity index (χ2v) is 7.13. The van der Waals surface area contributed by atoms with E-state index in [0.29, 0.717) is 30.8 Å². The number of imide groups is 1. The summed E-state index contributed by atoms with van der Waals surface area (Å²) in [6.07, 6.45) is 0.